The maximum absolute atomic E-state index is 14.0. The lowest BCUT2D eigenvalue weighted by Gasteiger charge is -2.13. The van der Waals surface area contributed by atoms with Crippen LogP contribution in [-0.4, -0.2) is 11.5 Å². The standard InChI is InChI=1S/C16H21FN2/c1-4-6-12-10-14(18-9-5-2)15-11(3)7-8-13(17)16(15)19-12/h7-8,10H,4-6,9H2,1-3H3,(H,18,19). The predicted octanol–water partition coefficient (Wildman–Crippen LogP) is 4.46. The molecule has 0 amide bonds. The van der Waals surface area contributed by atoms with E-state index >= 15 is 0 Å². The van der Waals surface area contributed by atoms with Crippen LogP contribution in [0.4, 0.5) is 10.1 Å². The van der Waals surface area contributed by atoms with E-state index in [2.05, 4.69) is 30.2 Å². The molecule has 0 aliphatic carbocycles. The third kappa shape index (κ3) is 2.86. The summed E-state index contributed by atoms with van der Waals surface area (Å²) in [5, 5.41) is 4.31. The number of hydrogen-bond acceptors (Lipinski definition) is 2. The van der Waals surface area contributed by atoms with Gasteiger partial charge in [-0.2, -0.15) is 0 Å². The van der Waals surface area contributed by atoms with E-state index in [1.54, 1.807) is 0 Å². The summed E-state index contributed by atoms with van der Waals surface area (Å²) in [7, 11) is 0. The number of halogens is 1. The van der Waals surface area contributed by atoms with Crippen molar-refractivity contribution in [3.63, 3.8) is 0 Å². The molecule has 1 heterocycles. The first-order chi connectivity index (χ1) is 9.17. The Labute approximate surface area is 114 Å². The average Bonchev–Trinajstić information content (AvgIpc) is 2.40. The molecule has 3 heteroatoms. The van der Waals surface area contributed by atoms with Crippen LogP contribution in [0.5, 0.6) is 0 Å². The van der Waals surface area contributed by atoms with Gasteiger partial charge in [-0.05, 0) is 37.5 Å². The lowest BCUT2D eigenvalue weighted by Crippen LogP contribution is -2.04. The molecule has 0 unspecified atom stereocenters. The van der Waals surface area contributed by atoms with Gasteiger partial charge in [-0.3, -0.25) is 0 Å². The molecule has 0 spiro atoms. The molecule has 102 valence electrons. The molecule has 0 aliphatic rings. The molecule has 0 fully saturated rings. The van der Waals surface area contributed by atoms with E-state index in [1.807, 2.05) is 13.0 Å². The highest BCUT2D eigenvalue weighted by Crippen LogP contribution is 2.28. The molecule has 2 nitrogen and oxygen atoms in total. The monoisotopic (exact) mass is 260 g/mol. The van der Waals surface area contributed by atoms with Crippen molar-refractivity contribution in [2.45, 2.75) is 40.0 Å². The molecule has 1 aromatic heterocycles. The normalized spacial score (nSPS) is 10.9. The summed E-state index contributed by atoms with van der Waals surface area (Å²) < 4.78 is 14.0. The van der Waals surface area contributed by atoms with Gasteiger partial charge in [-0.25, -0.2) is 9.37 Å². The van der Waals surface area contributed by atoms with Crippen molar-refractivity contribution in [2.75, 3.05) is 11.9 Å². The van der Waals surface area contributed by atoms with Gasteiger partial charge < -0.3 is 5.32 Å². The Hall–Kier alpha value is -1.64. The molecule has 0 atom stereocenters. The van der Waals surface area contributed by atoms with Crippen molar-refractivity contribution >= 4 is 16.6 Å². The van der Waals surface area contributed by atoms with E-state index in [-0.39, 0.29) is 5.82 Å². The molecule has 0 aliphatic heterocycles. The zero-order valence-corrected chi connectivity index (χ0v) is 11.9. The molecule has 19 heavy (non-hydrogen) atoms. The van der Waals surface area contributed by atoms with Gasteiger partial charge in [0, 0.05) is 23.3 Å². The Kier molecular flexibility index (Phi) is 4.35. The number of aromatic nitrogens is 1. The van der Waals surface area contributed by atoms with E-state index in [1.165, 1.54) is 6.07 Å². The van der Waals surface area contributed by atoms with E-state index in [0.717, 1.165) is 48.1 Å². The van der Waals surface area contributed by atoms with E-state index in [4.69, 9.17) is 0 Å². The predicted molar refractivity (Wildman–Crippen MR) is 79.2 cm³/mol. The van der Waals surface area contributed by atoms with Crippen molar-refractivity contribution in [1.82, 2.24) is 4.98 Å². The molecule has 1 aromatic carbocycles. The number of aryl methyl sites for hydroxylation is 2. The van der Waals surface area contributed by atoms with Crippen LogP contribution in [0.2, 0.25) is 0 Å². The minimum absolute atomic E-state index is 0.238. The topological polar surface area (TPSA) is 24.9 Å². The number of rotatable bonds is 5. The minimum Gasteiger partial charge on any atom is -0.384 e. The lowest BCUT2D eigenvalue weighted by molar-refractivity contribution is 0.635. The van der Waals surface area contributed by atoms with Crippen molar-refractivity contribution in [3.05, 3.63) is 35.3 Å². The summed E-state index contributed by atoms with van der Waals surface area (Å²) in [6.45, 7) is 7.12. The van der Waals surface area contributed by atoms with Crippen LogP contribution in [0.25, 0.3) is 10.9 Å². The Morgan fingerprint density at radius 2 is 2.00 bits per heavy atom. The van der Waals surface area contributed by atoms with Gasteiger partial charge in [0.25, 0.3) is 0 Å². The zero-order valence-electron chi connectivity index (χ0n) is 11.9. The smallest absolute Gasteiger partial charge is 0.149 e. The highest BCUT2D eigenvalue weighted by Gasteiger charge is 2.11. The number of pyridine rings is 1. The minimum atomic E-state index is -0.238. The van der Waals surface area contributed by atoms with Crippen molar-refractivity contribution < 1.29 is 4.39 Å². The molecule has 2 rings (SSSR count). The molecule has 0 bridgehead atoms. The highest BCUT2D eigenvalue weighted by atomic mass is 19.1. The number of fused-ring (bicyclic) bond motifs is 1. The summed E-state index contributed by atoms with van der Waals surface area (Å²) in [4.78, 5) is 4.48. The lowest BCUT2D eigenvalue weighted by atomic mass is 10.1. The van der Waals surface area contributed by atoms with Crippen LogP contribution in [0.3, 0.4) is 0 Å². The summed E-state index contributed by atoms with van der Waals surface area (Å²) in [5.74, 6) is -0.238. The van der Waals surface area contributed by atoms with Crippen LogP contribution in [0.1, 0.15) is 37.9 Å². The summed E-state index contributed by atoms with van der Waals surface area (Å²) in [6, 6.07) is 5.38. The van der Waals surface area contributed by atoms with Gasteiger partial charge >= 0.3 is 0 Å². The van der Waals surface area contributed by atoms with Crippen LogP contribution in [-0.2, 0) is 6.42 Å². The van der Waals surface area contributed by atoms with Gasteiger partial charge in [-0.1, -0.05) is 26.3 Å². The second kappa shape index (κ2) is 6.00. The Bertz CT molecular complexity index is 578. The maximum atomic E-state index is 14.0. The number of hydrogen-bond donors (Lipinski definition) is 1. The number of benzene rings is 1. The first kappa shape index (κ1) is 13.8. The molecule has 0 radical (unpaired) electrons. The Morgan fingerprint density at radius 1 is 1.21 bits per heavy atom. The third-order valence-electron chi connectivity index (χ3n) is 3.24. The van der Waals surface area contributed by atoms with Gasteiger partial charge in [0.15, 0.2) is 0 Å². The number of nitrogens with zero attached hydrogens (tertiary/aromatic N) is 1. The van der Waals surface area contributed by atoms with Crippen LogP contribution in [0.15, 0.2) is 18.2 Å². The van der Waals surface area contributed by atoms with E-state index < -0.39 is 0 Å². The molecular formula is C16H21FN2. The maximum Gasteiger partial charge on any atom is 0.149 e. The summed E-state index contributed by atoms with van der Waals surface area (Å²) in [5.41, 5.74) is 3.51. The van der Waals surface area contributed by atoms with Crippen LogP contribution in [0, 0.1) is 12.7 Å². The third-order valence-corrected chi connectivity index (χ3v) is 3.24. The Morgan fingerprint density at radius 3 is 2.68 bits per heavy atom. The Balaban J connectivity index is 2.63. The highest BCUT2D eigenvalue weighted by molar-refractivity contribution is 5.94. The molecule has 0 saturated heterocycles. The zero-order chi connectivity index (χ0) is 13.8. The second-order valence-corrected chi connectivity index (χ2v) is 4.93. The quantitative estimate of drug-likeness (QED) is 0.858. The molecule has 0 saturated carbocycles. The number of anilines is 1. The van der Waals surface area contributed by atoms with Crippen molar-refractivity contribution in [3.8, 4) is 0 Å². The van der Waals surface area contributed by atoms with Crippen LogP contribution < -0.4 is 5.32 Å². The molecule has 1 N–H and O–H groups in total. The SMILES string of the molecule is CCCNc1cc(CCC)nc2c(F)ccc(C)c12. The number of nitrogens with one attached hydrogen (secondary N) is 1. The summed E-state index contributed by atoms with van der Waals surface area (Å²) in [6.07, 6.45) is 2.94. The summed E-state index contributed by atoms with van der Waals surface area (Å²) >= 11 is 0. The first-order valence-electron chi connectivity index (χ1n) is 7.00. The van der Waals surface area contributed by atoms with Gasteiger partial charge in [0.2, 0.25) is 0 Å². The first-order valence-corrected chi connectivity index (χ1v) is 7.00. The van der Waals surface area contributed by atoms with E-state index in [9.17, 15) is 4.39 Å². The average molecular weight is 260 g/mol. The van der Waals surface area contributed by atoms with Crippen LogP contribution >= 0.6 is 0 Å². The fraction of sp³-hybridized carbons (Fsp3) is 0.438. The van der Waals surface area contributed by atoms with Crippen molar-refractivity contribution in [2.24, 2.45) is 0 Å². The molecule has 2 aromatic rings. The van der Waals surface area contributed by atoms with Crippen molar-refractivity contribution in [1.29, 1.82) is 0 Å². The second-order valence-electron chi connectivity index (χ2n) is 4.93. The fourth-order valence-corrected chi connectivity index (χ4v) is 2.31. The fourth-order valence-electron chi connectivity index (χ4n) is 2.31. The van der Waals surface area contributed by atoms with E-state index in [0.29, 0.717) is 5.52 Å². The van der Waals surface area contributed by atoms with Gasteiger partial charge in [-0.15, -0.1) is 0 Å². The molecular weight excluding hydrogens is 239 g/mol. The largest absolute Gasteiger partial charge is 0.384 e. The van der Waals surface area contributed by atoms with Gasteiger partial charge in [0.05, 0.1) is 0 Å². The van der Waals surface area contributed by atoms with Gasteiger partial charge in [0.1, 0.15) is 11.3 Å².